The van der Waals surface area contributed by atoms with Gasteiger partial charge in [0, 0.05) is 31.6 Å². The summed E-state index contributed by atoms with van der Waals surface area (Å²) in [5, 5.41) is 7.28. The first-order valence-corrected chi connectivity index (χ1v) is 10.6. The molecule has 1 saturated heterocycles. The number of carbonyl (C=O) groups is 1. The summed E-state index contributed by atoms with van der Waals surface area (Å²) < 4.78 is 5.39. The molecule has 0 bridgehead atoms. The molecule has 0 aliphatic carbocycles. The molecule has 1 fully saturated rings. The standard InChI is InChI=1S/C22H27Cl2N3O2/c1-22(2,3)17-11-20(27-15-4-5-18(23)19(24)10-15)25-13-16(17)21(28)26-12-14-6-8-29-9-7-14/h4-5,10-11,13-14H,6-9,12H2,1-3H3,(H,25,27)(H,26,28). The number of hydrogen-bond donors (Lipinski definition) is 2. The lowest BCUT2D eigenvalue weighted by Crippen LogP contribution is -2.33. The van der Waals surface area contributed by atoms with Gasteiger partial charge in [-0.3, -0.25) is 4.79 Å². The quantitative estimate of drug-likeness (QED) is 0.642. The van der Waals surface area contributed by atoms with Crippen molar-refractivity contribution < 1.29 is 9.53 Å². The van der Waals surface area contributed by atoms with E-state index in [9.17, 15) is 4.79 Å². The maximum atomic E-state index is 12.9. The highest BCUT2D eigenvalue weighted by Gasteiger charge is 2.24. The van der Waals surface area contributed by atoms with Crippen molar-refractivity contribution in [1.82, 2.24) is 10.3 Å². The van der Waals surface area contributed by atoms with Crippen LogP contribution in [0, 0.1) is 5.92 Å². The molecule has 156 valence electrons. The molecule has 0 atom stereocenters. The van der Waals surface area contributed by atoms with Crippen molar-refractivity contribution in [2.75, 3.05) is 25.1 Å². The fourth-order valence-electron chi connectivity index (χ4n) is 3.33. The van der Waals surface area contributed by atoms with Gasteiger partial charge in [-0.05, 0) is 54.0 Å². The van der Waals surface area contributed by atoms with E-state index in [0.29, 0.717) is 33.9 Å². The molecule has 0 unspecified atom stereocenters. The van der Waals surface area contributed by atoms with Crippen molar-refractivity contribution in [3.05, 3.63) is 51.6 Å². The number of nitrogens with one attached hydrogen (secondary N) is 2. The molecule has 29 heavy (non-hydrogen) atoms. The molecule has 0 saturated carbocycles. The van der Waals surface area contributed by atoms with Gasteiger partial charge in [0.05, 0.1) is 15.6 Å². The SMILES string of the molecule is CC(C)(C)c1cc(Nc2ccc(Cl)c(Cl)c2)ncc1C(=O)NCC1CCOCC1. The highest BCUT2D eigenvalue weighted by atomic mass is 35.5. The molecule has 1 aliphatic heterocycles. The Kier molecular flexibility index (Phi) is 7.04. The zero-order valence-corrected chi connectivity index (χ0v) is 18.5. The van der Waals surface area contributed by atoms with Crippen molar-refractivity contribution in [2.24, 2.45) is 5.92 Å². The zero-order chi connectivity index (χ0) is 21.0. The van der Waals surface area contributed by atoms with E-state index in [-0.39, 0.29) is 11.3 Å². The molecule has 2 aromatic rings. The van der Waals surface area contributed by atoms with Gasteiger partial charge in [-0.15, -0.1) is 0 Å². The number of carbonyl (C=O) groups excluding carboxylic acids is 1. The van der Waals surface area contributed by atoms with E-state index in [2.05, 4.69) is 36.4 Å². The number of amides is 1. The van der Waals surface area contributed by atoms with Crippen LogP contribution in [0.2, 0.25) is 10.0 Å². The Morgan fingerprint density at radius 1 is 1.17 bits per heavy atom. The normalized spacial score (nSPS) is 15.2. The van der Waals surface area contributed by atoms with Crippen LogP contribution >= 0.6 is 23.2 Å². The molecule has 1 amide bonds. The molecular weight excluding hydrogens is 409 g/mol. The van der Waals surface area contributed by atoms with Crippen molar-refractivity contribution in [2.45, 2.75) is 39.0 Å². The number of rotatable bonds is 5. The largest absolute Gasteiger partial charge is 0.381 e. The van der Waals surface area contributed by atoms with E-state index in [1.807, 2.05) is 12.1 Å². The number of ether oxygens (including phenoxy) is 1. The number of nitrogens with zero attached hydrogens (tertiary/aromatic N) is 1. The van der Waals surface area contributed by atoms with E-state index in [4.69, 9.17) is 27.9 Å². The molecule has 3 rings (SSSR count). The molecule has 5 nitrogen and oxygen atoms in total. The summed E-state index contributed by atoms with van der Waals surface area (Å²) in [6, 6.07) is 7.24. The topological polar surface area (TPSA) is 63.2 Å². The number of aromatic nitrogens is 1. The lowest BCUT2D eigenvalue weighted by atomic mass is 9.84. The summed E-state index contributed by atoms with van der Waals surface area (Å²) in [5.41, 5.74) is 2.09. The maximum absolute atomic E-state index is 12.9. The Morgan fingerprint density at radius 2 is 1.90 bits per heavy atom. The first-order chi connectivity index (χ1) is 13.7. The van der Waals surface area contributed by atoms with Gasteiger partial charge >= 0.3 is 0 Å². The second kappa shape index (κ2) is 9.33. The second-order valence-corrected chi connectivity index (χ2v) is 9.20. The van der Waals surface area contributed by atoms with Crippen LogP contribution in [0.3, 0.4) is 0 Å². The average molecular weight is 436 g/mol. The summed E-state index contributed by atoms with van der Waals surface area (Å²) in [6.07, 6.45) is 3.61. The van der Waals surface area contributed by atoms with E-state index < -0.39 is 0 Å². The van der Waals surface area contributed by atoms with Crippen LogP contribution in [0.4, 0.5) is 11.5 Å². The summed E-state index contributed by atoms with van der Waals surface area (Å²) in [4.78, 5) is 17.3. The first kappa shape index (κ1) is 21.9. The minimum Gasteiger partial charge on any atom is -0.381 e. The predicted octanol–water partition coefficient (Wildman–Crippen LogP) is 5.59. The van der Waals surface area contributed by atoms with Crippen molar-refractivity contribution >= 4 is 40.6 Å². The number of pyridine rings is 1. The van der Waals surface area contributed by atoms with Crippen molar-refractivity contribution in [3.63, 3.8) is 0 Å². The third kappa shape index (κ3) is 5.84. The van der Waals surface area contributed by atoms with Crippen LogP contribution < -0.4 is 10.6 Å². The third-order valence-electron chi connectivity index (χ3n) is 5.04. The third-order valence-corrected chi connectivity index (χ3v) is 5.78. The van der Waals surface area contributed by atoms with Crippen LogP contribution in [0.1, 0.15) is 49.5 Å². The van der Waals surface area contributed by atoms with Gasteiger partial charge in [0.1, 0.15) is 5.82 Å². The fraction of sp³-hybridized carbons (Fsp3) is 0.455. The highest BCUT2D eigenvalue weighted by Crippen LogP contribution is 2.30. The number of benzene rings is 1. The maximum Gasteiger partial charge on any atom is 0.253 e. The van der Waals surface area contributed by atoms with E-state index in [0.717, 1.165) is 37.3 Å². The van der Waals surface area contributed by atoms with Crippen molar-refractivity contribution in [1.29, 1.82) is 0 Å². The lowest BCUT2D eigenvalue weighted by molar-refractivity contribution is 0.0642. The Bertz CT molecular complexity index is 875. The van der Waals surface area contributed by atoms with Gasteiger partial charge in [0.25, 0.3) is 5.91 Å². The number of halogens is 2. The summed E-state index contributed by atoms with van der Waals surface area (Å²) in [6.45, 7) is 8.45. The van der Waals surface area contributed by atoms with Gasteiger partial charge in [-0.1, -0.05) is 44.0 Å². The van der Waals surface area contributed by atoms with E-state index in [1.54, 1.807) is 18.3 Å². The second-order valence-electron chi connectivity index (χ2n) is 8.38. The van der Waals surface area contributed by atoms with Gasteiger partial charge < -0.3 is 15.4 Å². The minimum absolute atomic E-state index is 0.0880. The van der Waals surface area contributed by atoms with Crippen molar-refractivity contribution in [3.8, 4) is 0 Å². The predicted molar refractivity (Wildman–Crippen MR) is 119 cm³/mol. The Balaban J connectivity index is 1.78. The molecule has 0 spiro atoms. The fourth-order valence-corrected chi connectivity index (χ4v) is 3.63. The number of anilines is 2. The van der Waals surface area contributed by atoms with Crippen LogP contribution in [-0.4, -0.2) is 30.6 Å². The zero-order valence-electron chi connectivity index (χ0n) is 17.0. The monoisotopic (exact) mass is 435 g/mol. The van der Waals surface area contributed by atoms with Gasteiger partial charge in [0.2, 0.25) is 0 Å². The highest BCUT2D eigenvalue weighted by molar-refractivity contribution is 6.42. The lowest BCUT2D eigenvalue weighted by Gasteiger charge is -2.25. The summed E-state index contributed by atoms with van der Waals surface area (Å²) in [7, 11) is 0. The summed E-state index contributed by atoms with van der Waals surface area (Å²) >= 11 is 12.1. The van der Waals surface area contributed by atoms with E-state index >= 15 is 0 Å². The first-order valence-electron chi connectivity index (χ1n) is 9.82. The van der Waals surface area contributed by atoms with Gasteiger partial charge in [-0.25, -0.2) is 4.98 Å². The van der Waals surface area contributed by atoms with Crippen LogP contribution in [0.25, 0.3) is 0 Å². The average Bonchev–Trinajstić information content (AvgIpc) is 2.69. The molecule has 2 N–H and O–H groups in total. The van der Waals surface area contributed by atoms with Gasteiger partial charge in [-0.2, -0.15) is 0 Å². The number of hydrogen-bond acceptors (Lipinski definition) is 4. The van der Waals surface area contributed by atoms with Gasteiger partial charge in [0.15, 0.2) is 0 Å². The Hall–Kier alpha value is -1.82. The molecule has 7 heteroatoms. The molecule has 1 aliphatic rings. The molecule has 2 heterocycles. The van der Waals surface area contributed by atoms with Crippen LogP contribution in [0.5, 0.6) is 0 Å². The van der Waals surface area contributed by atoms with Crippen LogP contribution in [0.15, 0.2) is 30.5 Å². The van der Waals surface area contributed by atoms with Crippen LogP contribution in [-0.2, 0) is 10.2 Å². The minimum atomic E-state index is -0.220. The smallest absolute Gasteiger partial charge is 0.253 e. The summed E-state index contributed by atoms with van der Waals surface area (Å²) in [5.74, 6) is 1.03. The molecule has 0 radical (unpaired) electrons. The Morgan fingerprint density at radius 3 is 2.55 bits per heavy atom. The molecular formula is C22H27Cl2N3O2. The Labute approximate surface area is 182 Å². The molecule has 1 aromatic carbocycles. The van der Waals surface area contributed by atoms with E-state index in [1.165, 1.54) is 0 Å². The molecule has 1 aromatic heterocycles.